The van der Waals surface area contributed by atoms with Crippen molar-refractivity contribution in [3.8, 4) is 0 Å². The first-order valence-corrected chi connectivity index (χ1v) is 4.86. The highest BCUT2D eigenvalue weighted by Crippen LogP contribution is 2.14. The lowest BCUT2D eigenvalue weighted by Crippen LogP contribution is -2.39. The van der Waals surface area contributed by atoms with Crippen molar-refractivity contribution in [3.05, 3.63) is 30.3 Å². The number of amides is 2. The summed E-state index contributed by atoms with van der Waals surface area (Å²) in [4.78, 5) is 18.5. The van der Waals surface area contributed by atoms with E-state index in [1.54, 1.807) is 14.1 Å². The van der Waals surface area contributed by atoms with E-state index in [-0.39, 0.29) is 6.03 Å². The number of para-hydroxylation sites is 1. The van der Waals surface area contributed by atoms with Crippen molar-refractivity contribution in [1.29, 1.82) is 0 Å². The molecule has 0 fully saturated rings. The van der Waals surface area contributed by atoms with E-state index in [1.807, 2.05) is 37.3 Å². The van der Waals surface area contributed by atoms with Gasteiger partial charge in [-0.25, -0.2) is 4.79 Å². The Balaban J connectivity index is 2.88. The number of hydrogen-bond donors (Lipinski definition) is 0. The minimum Gasteiger partial charge on any atom is -0.329 e. The molecule has 15 heavy (non-hydrogen) atoms. The summed E-state index contributed by atoms with van der Waals surface area (Å²) in [6.07, 6.45) is 0. The van der Waals surface area contributed by atoms with Crippen molar-refractivity contribution in [3.63, 3.8) is 0 Å². The van der Waals surface area contributed by atoms with Crippen LogP contribution >= 0.6 is 0 Å². The number of carbonyl (C=O) groups excluding carboxylic acids is 1. The second-order valence-corrected chi connectivity index (χ2v) is 3.22. The van der Waals surface area contributed by atoms with Crippen molar-refractivity contribution in [2.45, 2.75) is 6.92 Å². The Labute approximate surface area is 90.0 Å². The fourth-order valence-corrected chi connectivity index (χ4v) is 1.11. The summed E-state index contributed by atoms with van der Waals surface area (Å²) in [5.74, 6) is 0. The van der Waals surface area contributed by atoms with Crippen LogP contribution in [0.4, 0.5) is 10.5 Å². The Bertz CT molecular complexity index is 312. The number of hydrogen-bond acceptors (Lipinski definition) is 2. The Morgan fingerprint density at radius 3 is 2.33 bits per heavy atom. The molecule has 1 aromatic carbocycles. The molecule has 82 valence electrons. The van der Waals surface area contributed by atoms with Crippen molar-refractivity contribution in [2.75, 3.05) is 25.8 Å². The average molecular weight is 208 g/mol. The van der Waals surface area contributed by atoms with Gasteiger partial charge >= 0.3 is 6.03 Å². The Kier molecular flexibility index (Phi) is 4.12. The standard InChI is InChI=1S/C11H16N2O2/c1-4-15-13(11(14)12(2)3)10-8-6-5-7-9-10/h5-9H,4H2,1-3H3. The van der Waals surface area contributed by atoms with Gasteiger partial charge in [0.1, 0.15) is 0 Å². The van der Waals surface area contributed by atoms with Gasteiger partial charge in [0.2, 0.25) is 0 Å². The van der Waals surface area contributed by atoms with Crippen LogP contribution in [0.1, 0.15) is 6.92 Å². The Morgan fingerprint density at radius 2 is 1.87 bits per heavy atom. The van der Waals surface area contributed by atoms with Crippen LogP contribution in [0, 0.1) is 0 Å². The van der Waals surface area contributed by atoms with Gasteiger partial charge in [-0.3, -0.25) is 4.84 Å². The van der Waals surface area contributed by atoms with Crippen LogP contribution in [0.25, 0.3) is 0 Å². The van der Waals surface area contributed by atoms with E-state index in [9.17, 15) is 4.79 Å². The second-order valence-electron chi connectivity index (χ2n) is 3.22. The van der Waals surface area contributed by atoms with Crippen molar-refractivity contribution in [2.24, 2.45) is 0 Å². The summed E-state index contributed by atoms with van der Waals surface area (Å²) < 4.78 is 0. The highest BCUT2D eigenvalue weighted by atomic mass is 16.7. The molecule has 0 aliphatic heterocycles. The average Bonchev–Trinajstić information content (AvgIpc) is 2.26. The van der Waals surface area contributed by atoms with Gasteiger partial charge in [0, 0.05) is 14.1 Å². The van der Waals surface area contributed by atoms with Gasteiger partial charge in [0.25, 0.3) is 0 Å². The van der Waals surface area contributed by atoms with E-state index in [0.29, 0.717) is 6.61 Å². The minimum atomic E-state index is -0.192. The normalized spacial score (nSPS) is 9.80. The van der Waals surface area contributed by atoms with Crippen molar-refractivity contribution < 1.29 is 9.63 Å². The molecule has 0 saturated heterocycles. The van der Waals surface area contributed by atoms with Crippen LogP contribution in [0.15, 0.2) is 30.3 Å². The van der Waals surface area contributed by atoms with E-state index in [2.05, 4.69) is 0 Å². The van der Waals surface area contributed by atoms with Crippen LogP contribution < -0.4 is 5.06 Å². The largest absolute Gasteiger partial charge is 0.348 e. The molecule has 0 saturated carbocycles. The highest BCUT2D eigenvalue weighted by molar-refractivity contribution is 5.89. The number of nitrogens with zero attached hydrogens (tertiary/aromatic N) is 2. The molecule has 4 nitrogen and oxygen atoms in total. The summed E-state index contributed by atoms with van der Waals surface area (Å²) in [6.45, 7) is 2.30. The molecule has 0 spiro atoms. The Hall–Kier alpha value is -1.55. The highest BCUT2D eigenvalue weighted by Gasteiger charge is 2.17. The second kappa shape index (κ2) is 5.36. The van der Waals surface area contributed by atoms with Gasteiger partial charge in [-0.1, -0.05) is 18.2 Å². The third kappa shape index (κ3) is 2.95. The van der Waals surface area contributed by atoms with E-state index in [1.165, 1.54) is 9.96 Å². The number of anilines is 1. The van der Waals surface area contributed by atoms with Crippen LogP contribution in [0.3, 0.4) is 0 Å². The summed E-state index contributed by atoms with van der Waals surface area (Å²) in [5, 5.41) is 1.29. The third-order valence-corrected chi connectivity index (χ3v) is 1.81. The molecule has 1 aromatic rings. The lowest BCUT2D eigenvalue weighted by atomic mass is 10.3. The first-order valence-electron chi connectivity index (χ1n) is 4.86. The van der Waals surface area contributed by atoms with Gasteiger partial charge in [-0.15, -0.1) is 0 Å². The molecule has 0 aliphatic carbocycles. The zero-order valence-corrected chi connectivity index (χ0v) is 9.30. The summed E-state index contributed by atoms with van der Waals surface area (Å²) >= 11 is 0. The zero-order chi connectivity index (χ0) is 11.3. The van der Waals surface area contributed by atoms with Crippen molar-refractivity contribution in [1.82, 2.24) is 4.90 Å². The first-order chi connectivity index (χ1) is 7.16. The minimum absolute atomic E-state index is 0.192. The molecule has 0 heterocycles. The monoisotopic (exact) mass is 208 g/mol. The molecule has 0 aromatic heterocycles. The SMILES string of the molecule is CCON(C(=O)N(C)C)c1ccccc1. The summed E-state index contributed by atoms with van der Waals surface area (Å²) in [7, 11) is 3.38. The lowest BCUT2D eigenvalue weighted by molar-refractivity contribution is 0.116. The van der Waals surface area contributed by atoms with E-state index in [0.717, 1.165) is 5.69 Å². The fourth-order valence-electron chi connectivity index (χ4n) is 1.11. The third-order valence-electron chi connectivity index (χ3n) is 1.81. The molecule has 0 atom stereocenters. The molecule has 0 unspecified atom stereocenters. The smallest absolute Gasteiger partial charge is 0.329 e. The number of hydroxylamine groups is 1. The van der Waals surface area contributed by atoms with Gasteiger partial charge in [-0.2, -0.15) is 5.06 Å². The van der Waals surface area contributed by atoms with Crippen molar-refractivity contribution >= 4 is 11.7 Å². The van der Waals surface area contributed by atoms with E-state index >= 15 is 0 Å². The molecule has 2 amide bonds. The zero-order valence-electron chi connectivity index (χ0n) is 9.30. The fraction of sp³-hybridized carbons (Fsp3) is 0.364. The molecule has 1 rings (SSSR count). The molecular formula is C11H16N2O2. The summed E-state index contributed by atoms with van der Waals surface area (Å²) in [6, 6.07) is 9.10. The molecule has 0 bridgehead atoms. The van der Waals surface area contributed by atoms with E-state index in [4.69, 9.17) is 4.84 Å². The molecular weight excluding hydrogens is 192 g/mol. The number of benzene rings is 1. The number of urea groups is 1. The van der Waals surface area contributed by atoms with Gasteiger partial charge in [0.15, 0.2) is 0 Å². The lowest BCUT2D eigenvalue weighted by Gasteiger charge is -2.24. The maximum Gasteiger partial charge on any atom is 0.348 e. The molecule has 0 N–H and O–H groups in total. The maximum absolute atomic E-state index is 11.8. The maximum atomic E-state index is 11.8. The Morgan fingerprint density at radius 1 is 1.27 bits per heavy atom. The van der Waals surface area contributed by atoms with Crippen LogP contribution in [-0.2, 0) is 4.84 Å². The quantitative estimate of drug-likeness (QED) is 0.713. The number of rotatable bonds is 3. The van der Waals surface area contributed by atoms with Crippen LogP contribution in [0.2, 0.25) is 0 Å². The topological polar surface area (TPSA) is 32.8 Å². The predicted octanol–water partition coefficient (Wildman–Crippen LogP) is 2.13. The van der Waals surface area contributed by atoms with Gasteiger partial charge < -0.3 is 4.90 Å². The first kappa shape index (κ1) is 11.5. The molecule has 0 aliphatic rings. The predicted molar refractivity (Wildman–Crippen MR) is 59.6 cm³/mol. The van der Waals surface area contributed by atoms with Crippen LogP contribution in [-0.4, -0.2) is 31.6 Å². The van der Waals surface area contributed by atoms with Crippen LogP contribution in [0.5, 0.6) is 0 Å². The number of carbonyl (C=O) groups is 1. The van der Waals surface area contributed by atoms with Gasteiger partial charge in [-0.05, 0) is 19.1 Å². The molecule has 4 heteroatoms. The van der Waals surface area contributed by atoms with E-state index < -0.39 is 0 Å². The van der Waals surface area contributed by atoms with Gasteiger partial charge in [0.05, 0.1) is 12.3 Å². The molecule has 0 radical (unpaired) electrons. The summed E-state index contributed by atoms with van der Waals surface area (Å²) in [5.41, 5.74) is 0.734.